The minimum atomic E-state index is -0.845. The lowest BCUT2D eigenvalue weighted by atomic mass is 10.0. The monoisotopic (exact) mass is 1110 g/mol. The van der Waals surface area contributed by atoms with Crippen LogP contribution in [0.5, 0.6) is 0 Å². The zero-order valence-electron chi connectivity index (χ0n) is 53.4. The summed E-state index contributed by atoms with van der Waals surface area (Å²) in [5, 5.41) is 23.3. The third kappa shape index (κ3) is 65.1. The summed E-state index contributed by atoms with van der Waals surface area (Å²) >= 11 is 0. The van der Waals surface area contributed by atoms with Crippen molar-refractivity contribution < 1.29 is 24.5 Å². The van der Waals surface area contributed by atoms with Gasteiger partial charge in [0.2, 0.25) is 5.91 Å². The molecule has 0 saturated carbocycles. The average molecular weight is 1110 g/mol. The Balaban J connectivity index is 3.40. The average Bonchev–Trinajstić information content (AvgIpc) is 3.45. The van der Waals surface area contributed by atoms with Crippen molar-refractivity contribution in [3.63, 3.8) is 0 Å². The van der Waals surface area contributed by atoms with Crippen LogP contribution < -0.4 is 5.32 Å². The molecule has 6 heteroatoms. The Hall–Kier alpha value is -1.92. The van der Waals surface area contributed by atoms with E-state index in [1.165, 1.54) is 315 Å². The minimum absolute atomic E-state index is 0.00208. The number of ether oxygens (including phenoxy) is 1. The maximum Gasteiger partial charge on any atom is 0.305 e. The van der Waals surface area contributed by atoms with Gasteiger partial charge in [-0.1, -0.05) is 352 Å². The zero-order valence-corrected chi connectivity index (χ0v) is 53.4. The highest BCUT2D eigenvalue weighted by Gasteiger charge is 2.18. The van der Waals surface area contributed by atoms with E-state index in [0.29, 0.717) is 19.4 Å². The number of nitrogens with one attached hydrogen (secondary N) is 1. The summed E-state index contributed by atoms with van der Waals surface area (Å²) in [6.45, 7) is 4.92. The number of esters is 1. The quantitative estimate of drug-likeness (QED) is 0.0320. The van der Waals surface area contributed by atoms with E-state index < -0.39 is 12.1 Å². The summed E-state index contributed by atoms with van der Waals surface area (Å²) in [6, 6.07) is -0.629. The predicted molar refractivity (Wildman–Crippen MR) is 347 cm³/mol. The highest BCUT2D eigenvalue weighted by molar-refractivity contribution is 5.76. The van der Waals surface area contributed by atoms with Gasteiger partial charge in [-0.3, -0.25) is 9.59 Å². The number of rotatable bonds is 67. The maximum atomic E-state index is 12.5. The normalized spacial score (nSPS) is 12.7. The zero-order chi connectivity index (χ0) is 57.1. The highest BCUT2D eigenvalue weighted by Crippen LogP contribution is 2.19. The highest BCUT2D eigenvalue weighted by atomic mass is 16.5. The predicted octanol–water partition coefficient (Wildman–Crippen LogP) is 23.1. The molecule has 0 saturated heterocycles. The van der Waals surface area contributed by atoms with Gasteiger partial charge in [0.1, 0.15) is 0 Å². The van der Waals surface area contributed by atoms with E-state index in [9.17, 15) is 19.8 Å². The summed E-state index contributed by atoms with van der Waals surface area (Å²) in [6.07, 6.45) is 87.9. The second-order valence-corrected chi connectivity index (χ2v) is 24.6. The van der Waals surface area contributed by atoms with Crippen LogP contribution >= 0.6 is 0 Å². The van der Waals surface area contributed by atoms with E-state index in [2.05, 4.69) is 43.5 Å². The van der Waals surface area contributed by atoms with Crippen molar-refractivity contribution in [1.82, 2.24) is 5.32 Å². The van der Waals surface area contributed by atoms with Gasteiger partial charge in [-0.05, 0) is 64.2 Å². The van der Waals surface area contributed by atoms with Gasteiger partial charge >= 0.3 is 5.97 Å². The fourth-order valence-electron chi connectivity index (χ4n) is 11.2. The molecule has 0 radical (unpaired) electrons. The molecule has 0 aromatic rings. The number of hydrogen-bond acceptors (Lipinski definition) is 5. The van der Waals surface area contributed by atoms with E-state index in [-0.39, 0.29) is 18.5 Å². The molecule has 0 spiro atoms. The third-order valence-electron chi connectivity index (χ3n) is 16.7. The van der Waals surface area contributed by atoms with Crippen LogP contribution in [0.2, 0.25) is 0 Å². The second kappa shape index (κ2) is 68.6. The summed E-state index contributed by atoms with van der Waals surface area (Å²) < 4.78 is 5.49. The fraction of sp³-hybridized carbons (Fsp3) is 0.890. The van der Waals surface area contributed by atoms with Crippen molar-refractivity contribution in [2.75, 3.05) is 13.2 Å². The molecule has 0 rings (SSSR count). The van der Waals surface area contributed by atoms with E-state index >= 15 is 0 Å². The number of aliphatic hydroxyl groups excluding tert-OH is 2. The molecule has 0 heterocycles. The Morgan fingerprint density at radius 3 is 0.975 bits per heavy atom. The first kappa shape index (κ1) is 77.1. The summed E-state index contributed by atoms with van der Waals surface area (Å²) in [4.78, 5) is 24.6. The van der Waals surface area contributed by atoms with Crippen LogP contribution in [0.15, 0.2) is 36.5 Å². The molecule has 2 unspecified atom stereocenters. The van der Waals surface area contributed by atoms with Crippen LogP contribution in [0, 0.1) is 0 Å². The molecule has 6 nitrogen and oxygen atoms in total. The molecule has 0 bridgehead atoms. The standard InChI is InChI=1S/C73H139NO5/c1-3-5-7-9-11-13-15-17-19-21-22-23-28-31-34-37-41-45-49-53-57-61-65-71(76)70(69-75)74-72(77)66-62-58-54-50-46-42-38-35-32-29-26-24-25-27-30-33-36-40-44-48-52-56-60-64-68-79-73(78)67-63-59-55-51-47-43-39-20-18-16-14-12-10-8-6-4-2/h14,16,20,39,61,65,70-71,75-76H,3-13,15,17-19,21-38,40-60,62-64,66-69H2,1-2H3,(H,74,77)/b16-14-,39-20-,65-61+. The van der Waals surface area contributed by atoms with Gasteiger partial charge < -0.3 is 20.3 Å². The lowest BCUT2D eigenvalue weighted by molar-refractivity contribution is -0.143. The van der Waals surface area contributed by atoms with Crippen LogP contribution in [-0.4, -0.2) is 47.4 Å². The van der Waals surface area contributed by atoms with Crippen LogP contribution in [0.3, 0.4) is 0 Å². The van der Waals surface area contributed by atoms with Crippen LogP contribution in [0.1, 0.15) is 393 Å². The van der Waals surface area contributed by atoms with Gasteiger partial charge in [0.05, 0.1) is 25.4 Å². The fourth-order valence-corrected chi connectivity index (χ4v) is 11.2. The molecule has 0 aliphatic heterocycles. The topological polar surface area (TPSA) is 95.9 Å². The number of aliphatic hydroxyl groups is 2. The second-order valence-electron chi connectivity index (χ2n) is 24.6. The molecule has 0 aliphatic carbocycles. The maximum absolute atomic E-state index is 12.5. The smallest absolute Gasteiger partial charge is 0.305 e. The van der Waals surface area contributed by atoms with Crippen LogP contribution in [0.25, 0.3) is 0 Å². The number of carbonyl (C=O) groups is 2. The molecule has 0 aromatic heterocycles. The molecule has 466 valence electrons. The van der Waals surface area contributed by atoms with Crippen LogP contribution in [-0.2, 0) is 14.3 Å². The molecule has 0 aliphatic rings. The molecular formula is C73H139NO5. The first-order chi connectivity index (χ1) is 39.0. The molecule has 0 aromatic carbocycles. The molecule has 3 N–H and O–H groups in total. The van der Waals surface area contributed by atoms with Crippen molar-refractivity contribution >= 4 is 11.9 Å². The molecule has 2 atom stereocenters. The first-order valence-corrected chi connectivity index (χ1v) is 35.8. The first-order valence-electron chi connectivity index (χ1n) is 35.8. The Morgan fingerprint density at radius 2 is 0.633 bits per heavy atom. The Kier molecular flexibility index (Phi) is 66.9. The number of amides is 1. The Labute approximate surface area is 494 Å². The Morgan fingerprint density at radius 1 is 0.354 bits per heavy atom. The summed E-state index contributed by atoms with van der Waals surface area (Å²) in [5.41, 5.74) is 0. The Bertz CT molecular complexity index is 1280. The van der Waals surface area contributed by atoms with Gasteiger partial charge in [0.25, 0.3) is 0 Å². The number of hydrogen-bond donors (Lipinski definition) is 3. The van der Waals surface area contributed by atoms with Gasteiger partial charge in [0.15, 0.2) is 0 Å². The van der Waals surface area contributed by atoms with E-state index in [0.717, 1.165) is 51.4 Å². The van der Waals surface area contributed by atoms with Crippen molar-refractivity contribution in [2.24, 2.45) is 0 Å². The largest absolute Gasteiger partial charge is 0.466 e. The van der Waals surface area contributed by atoms with E-state index in [1.807, 2.05) is 6.08 Å². The number of allylic oxidation sites excluding steroid dienone is 5. The summed E-state index contributed by atoms with van der Waals surface area (Å²) in [5.74, 6) is -0.0610. The molecule has 79 heavy (non-hydrogen) atoms. The van der Waals surface area contributed by atoms with Crippen molar-refractivity contribution in [3.05, 3.63) is 36.5 Å². The number of carbonyl (C=O) groups excluding carboxylic acids is 2. The molecular weight excluding hydrogens is 971 g/mol. The summed E-state index contributed by atoms with van der Waals surface area (Å²) in [7, 11) is 0. The molecule has 0 fully saturated rings. The van der Waals surface area contributed by atoms with E-state index in [1.54, 1.807) is 6.08 Å². The number of unbranched alkanes of at least 4 members (excludes halogenated alkanes) is 52. The molecule has 1 amide bonds. The van der Waals surface area contributed by atoms with Gasteiger partial charge in [-0.2, -0.15) is 0 Å². The van der Waals surface area contributed by atoms with Crippen molar-refractivity contribution in [1.29, 1.82) is 0 Å². The van der Waals surface area contributed by atoms with Gasteiger partial charge in [-0.25, -0.2) is 0 Å². The van der Waals surface area contributed by atoms with Gasteiger partial charge in [0, 0.05) is 12.8 Å². The van der Waals surface area contributed by atoms with Crippen LogP contribution in [0.4, 0.5) is 0 Å². The SMILES string of the molecule is CCCCCC/C=C\C/C=C\CCCCCCCC(=O)OCCCCCCCCCCCCCCCCCCCCCCCCCCC(=O)NC(CO)C(O)/C=C/CCCCCCCCCCCCCCCCCCCCCC. The minimum Gasteiger partial charge on any atom is -0.466 e. The van der Waals surface area contributed by atoms with Gasteiger partial charge in [-0.15, -0.1) is 0 Å². The third-order valence-corrected chi connectivity index (χ3v) is 16.7. The van der Waals surface area contributed by atoms with E-state index in [4.69, 9.17) is 4.74 Å². The van der Waals surface area contributed by atoms with Crippen molar-refractivity contribution in [3.8, 4) is 0 Å². The lowest BCUT2D eigenvalue weighted by Gasteiger charge is -2.20. The van der Waals surface area contributed by atoms with Crippen molar-refractivity contribution in [2.45, 2.75) is 405 Å². The lowest BCUT2D eigenvalue weighted by Crippen LogP contribution is -2.45.